The van der Waals surface area contributed by atoms with Gasteiger partial charge in [-0.3, -0.25) is 0 Å². The number of hydrogen-bond acceptors (Lipinski definition) is 0. The molecule has 1 saturated carbocycles. The van der Waals surface area contributed by atoms with Crippen molar-refractivity contribution in [2.24, 2.45) is 29.1 Å². The van der Waals surface area contributed by atoms with Crippen LogP contribution in [0.25, 0.3) is 0 Å². The van der Waals surface area contributed by atoms with Gasteiger partial charge in [0.05, 0.1) is 0 Å². The van der Waals surface area contributed by atoms with Crippen molar-refractivity contribution in [2.75, 3.05) is 0 Å². The second kappa shape index (κ2) is 5.56. The number of rotatable bonds is 4. The lowest BCUT2D eigenvalue weighted by Gasteiger charge is -2.50. The zero-order valence-corrected chi connectivity index (χ0v) is 12.3. The third-order valence-corrected chi connectivity index (χ3v) is 5.70. The molecule has 1 fully saturated rings. The molecule has 0 nitrogen and oxygen atoms in total. The first-order chi connectivity index (χ1) is 7.45. The lowest BCUT2D eigenvalue weighted by Crippen LogP contribution is -2.42. The second-order valence-corrected chi connectivity index (χ2v) is 6.70. The van der Waals surface area contributed by atoms with Crippen LogP contribution in [0, 0.1) is 29.1 Å². The standard InChI is InChI=1S/C16H32/c1-7-9-15-10-12(3)13(4)11-16(15,6)14(5)8-2/h12-15H,7-11H2,1-6H3. The van der Waals surface area contributed by atoms with Crippen molar-refractivity contribution in [3.63, 3.8) is 0 Å². The molecule has 0 N–H and O–H groups in total. The Kier molecular flexibility index (Phi) is 4.88. The van der Waals surface area contributed by atoms with Crippen LogP contribution in [0.3, 0.4) is 0 Å². The molecule has 96 valence electrons. The fourth-order valence-corrected chi connectivity index (χ4v) is 3.88. The Labute approximate surface area is 103 Å². The van der Waals surface area contributed by atoms with E-state index in [1.165, 1.54) is 32.1 Å². The van der Waals surface area contributed by atoms with Crippen LogP contribution in [-0.4, -0.2) is 0 Å². The molecule has 0 saturated heterocycles. The van der Waals surface area contributed by atoms with E-state index in [0.29, 0.717) is 5.41 Å². The molecule has 0 radical (unpaired) electrons. The van der Waals surface area contributed by atoms with Crippen LogP contribution in [-0.2, 0) is 0 Å². The first-order valence-corrected chi connectivity index (χ1v) is 7.45. The topological polar surface area (TPSA) is 0 Å². The lowest BCUT2D eigenvalue weighted by atomic mass is 9.55. The SMILES string of the molecule is CCCC1CC(C)C(C)CC1(C)C(C)CC. The van der Waals surface area contributed by atoms with Gasteiger partial charge >= 0.3 is 0 Å². The summed E-state index contributed by atoms with van der Waals surface area (Å²) >= 11 is 0. The van der Waals surface area contributed by atoms with Crippen LogP contribution in [0.2, 0.25) is 0 Å². The molecule has 0 aromatic carbocycles. The quantitative estimate of drug-likeness (QED) is 0.589. The second-order valence-electron chi connectivity index (χ2n) is 6.70. The molecule has 0 spiro atoms. The predicted octanol–water partition coefficient (Wildman–Crippen LogP) is 5.52. The van der Waals surface area contributed by atoms with Gasteiger partial charge in [-0.25, -0.2) is 0 Å². The third-order valence-electron chi connectivity index (χ3n) is 5.70. The summed E-state index contributed by atoms with van der Waals surface area (Å²) < 4.78 is 0. The molecule has 5 atom stereocenters. The highest BCUT2D eigenvalue weighted by Gasteiger charge is 2.43. The van der Waals surface area contributed by atoms with Crippen molar-refractivity contribution < 1.29 is 0 Å². The van der Waals surface area contributed by atoms with Gasteiger partial charge in [0.25, 0.3) is 0 Å². The Balaban J connectivity index is 2.84. The van der Waals surface area contributed by atoms with E-state index in [-0.39, 0.29) is 0 Å². The molecule has 1 rings (SSSR count). The highest BCUT2D eigenvalue weighted by atomic mass is 14.5. The molecule has 0 amide bonds. The fourth-order valence-electron chi connectivity index (χ4n) is 3.88. The summed E-state index contributed by atoms with van der Waals surface area (Å²) in [6.45, 7) is 14.7. The summed E-state index contributed by atoms with van der Waals surface area (Å²) in [5, 5.41) is 0. The van der Waals surface area contributed by atoms with Gasteiger partial charge < -0.3 is 0 Å². The molecule has 0 aromatic rings. The van der Waals surface area contributed by atoms with Crippen LogP contribution in [0.4, 0.5) is 0 Å². The molecule has 0 aliphatic heterocycles. The van der Waals surface area contributed by atoms with Gasteiger partial charge in [-0.05, 0) is 41.9 Å². The van der Waals surface area contributed by atoms with E-state index in [4.69, 9.17) is 0 Å². The minimum absolute atomic E-state index is 0.608. The van der Waals surface area contributed by atoms with E-state index in [0.717, 1.165) is 23.7 Å². The Bertz CT molecular complexity index is 208. The highest BCUT2D eigenvalue weighted by molar-refractivity contribution is 4.93. The molecule has 0 heterocycles. The summed E-state index contributed by atoms with van der Waals surface area (Å²) in [6.07, 6.45) is 7.07. The van der Waals surface area contributed by atoms with Crippen molar-refractivity contribution >= 4 is 0 Å². The average Bonchev–Trinajstić information content (AvgIpc) is 2.25. The van der Waals surface area contributed by atoms with Gasteiger partial charge in [0.15, 0.2) is 0 Å². The van der Waals surface area contributed by atoms with Gasteiger partial charge in [0.2, 0.25) is 0 Å². The van der Waals surface area contributed by atoms with Crippen LogP contribution < -0.4 is 0 Å². The Morgan fingerprint density at radius 3 is 2.31 bits per heavy atom. The summed E-state index contributed by atoms with van der Waals surface area (Å²) in [6, 6.07) is 0. The zero-order valence-electron chi connectivity index (χ0n) is 12.3. The van der Waals surface area contributed by atoms with Crippen molar-refractivity contribution in [3.8, 4) is 0 Å². The van der Waals surface area contributed by atoms with Crippen LogP contribution in [0.15, 0.2) is 0 Å². The van der Waals surface area contributed by atoms with Crippen molar-refractivity contribution in [1.29, 1.82) is 0 Å². The summed E-state index contributed by atoms with van der Waals surface area (Å²) in [4.78, 5) is 0. The van der Waals surface area contributed by atoms with Crippen LogP contribution >= 0.6 is 0 Å². The minimum atomic E-state index is 0.608. The first-order valence-electron chi connectivity index (χ1n) is 7.45. The van der Waals surface area contributed by atoms with Crippen molar-refractivity contribution in [3.05, 3.63) is 0 Å². The van der Waals surface area contributed by atoms with Gasteiger partial charge in [0, 0.05) is 0 Å². The van der Waals surface area contributed by atoms with Gasteiger partial charge in [0.1, 0.15) is 0 Å². The molecule has 5 unspecified atom stereocenters. The maximum Gasteiger partial charge on any atom is -0.0269 e. The smallest absolute Gasteiger partial charge is 0.0269 e. The monoisotopic (exact) mass is 224 g/mol. The normalized spacial score (nSPS) is 42.0. The maximum atomic E-state index is 2.57. The largest absolute Gasteiger partial charge is 0.0654 e. The van der Waals surface area contributed by atoms with Gasteiger partial charge in [-0.2, -0.15) is 0 Å². The molecule has 1 aliphatic rings. The molecule has 16 heavy (non-hydrogen) atoms. The minimum Gasteiger partial charge on any atom is -0.0654 e. The summed E-state index contributed by atoms with van der Waals surface area (Å²) in [7, 11) is 0. The highest BCUT2D eigenvalue weighted by Crippen LogP contribution is 2.52. The van der Waals surface area contributed by atoms with Crippen molar-refractivity contribution in [2.45, 2.75) is 73.6 Å². The predicted molar refractivity (Wildman–Crippen MR) is 73.5 cm³/mol. The van der Waals surface area contributed by atoms with E-state index in [1.807, 2.05) is 0 Å². The van der Waals surface area contributed by atoms with Crippen LogP contribution in [0.1, 0.15) is 73.6 Å². The Morgan fingerprint density at radius 2 is 1.81 bits per heavy atom. The molecular weight excluding hydrogens is 192 g/mol. The van der Waals surface area contributed by atoms with Gasteiger partial charge in [-0.1, -0.05) is 60.8 Å². The van der Waals surface area contributed by atoms with E-state index in [9.17, 15) is 0 Å². The Morgan fingerprint density at radius 1 is 1.19 bits per heavy atom. The number of hydrogen-bond donors (Lipinski definition) is 0. The zero-order chi connectivity index (χ0) is 12.3. The average molecular weight is 224 g/mol. The molecule has 0 bridgehead atoms. The summed E-state index contributed by atoms with van der Waals surface area (Å²) in [5.41, 5.74) is 0.608. The van der Waals surface area contributed by atoms with E-state index in [2.05, 4.69) is 41.5 Å². The Hall–Kier alpha value is 0. The van der Waals surface area contributed by atoms with Gasteiger partial charge in [-0.15, -0.1) is 0 Å². The lowest BCUT2D eigenvalue weighted by molar-refractivity contribution is -0.00646. The molecule has 0 aromatic heterocycles. The first kappa shape index (κ1) is 14.1. The van der Waals surface area contributed by atoms with Crippen LogP contribution in [0.5, 0.6) is 0 Å². The molecule has 1 aliphatic carbocycles. The molecule has 0 heteroatoms. The third kappa shape index (κ3) is 2.63. The maximum absolute atomic E-state index is 2.57. The summed E-state index contributed by atoms with van der Waals surface area (Å²) in [5.74, 6) is 3.72. The van der Waals surface area contributed by atoms with Crippen molar-refractivity contribution in [1.82, 2.24) is 0 Å². The van der Waals surface area contributed by atoms with E-state index in [1.54, 1.807) is 0 Å². The fraction of sp³-hybridized carbons (Fsp3) is 1.00. The van der Waals surface area contributed by atoms with E-state index >= 15 is 0 Å². The molecular formula is C16H32. The van der Waals surface area contributed by atoms with E-state index < -0.39 is 0 Å².